The normalized spacial score (nSPS) is 12.3. The van der Waals surface area contributed by atoms with Crippen LogP contribution < -0.4 is 5.32 Å². The van der Waals surface area contributed by atoms with Crippen molar-refractivity contribution < 1.29 is 9.59 Å². The molecule has 2 amide bonds. The molecule has 2 rings (SSSR count). The monoisotopic (exact) mass is 505 g/mol. The lowest BCUT2D eigenvalue weighted by atomic mass is 9.83. The number of rotatable bonds is 18. The third kappa shape index (κ3) is 11.1. The number of likely N-dealkylation sites (N-methyl/N-ethyl adjacent to an activating group) is 1. The predicted molar refractivity (Wildman–Crippen MR) is 150 cm³/mol. The maximum absolute atomic E-state index is 13.6. The SMILES string of the molecule is CN(C)C(=O)C(CCCCCCCCCCCCN=[N+]=[N-])(Cc1ccccc1)NC(=O)c1ccccc1. The lowest BCUT2D eigenvalue weighted by Gasteiger charge is -2.36. The molecule has 0 bridgehead atoms. The van der Waals surface area contributed by atoms with Crippen molar-refractivity contribution in [3.05, 3.63) is 82.2 Å². The molecule has 200 valence electrons. The molecule has 0 aromatic heterocycles. The van der Waals surface area contributed by atoms with E-state index in [0.717, 1.165) is 37.7 Å². The fraction of sp³-hybridized carbons (Fsp3) is 0.533. The van der Waals surface area contributed by atoms with E-state index in [1.54, 1.807) is 31.1 Å². The lowest BCUT2D eigenvalue weighted by Crippen LogP contribution is -2.59. The van der Waals surface area contributed by atoms with E-state index >= 15 is 0 Å². The average Bonchev–Trinajstić information content (AvgIpc) is 2.91. The second-order valence-electron chi connectivity index (χ2n) is 10.0. The third-order valence-corrected chi connectivity index (χ3v) is 6.73. The van der Waals surface area contributed by atoms with Crippen LogP contribution in [0.4, 0.5) is 0 Å². The highest BCUT2D eigenvalue weighted by molar-refractivity contribution is 5.99. The summed E-state index contributed by atoms with van der Waals surface area (Å²) in [6, 6.07) is 19.1. The zero-order chi connectivity index (χ0) is 26.8. The van der Waals surface area contributed by atoms with Crippen molar-refractivity contribution in [3.63, 3.8) is 0 Å². The first kappa shape index (κ1) is 29.9. The van der Waals surface area contributed by atoms with Crippen molar-refractivity contribution in [1.82, 2.24) is 10.2 Å². The summed E-state index contributed by atoms with van der Waals surface area (Å²) in [5.74, 6) is -0.285. The molecule has 0 aliphatic rings. The first-order valence-corrected chi connectivity index (χ1v) is 13.6. The van der Waals surface area contributed by atoms with Gasteiger partial charge in [0.25, 0.3) is 5.91 Å². The molecule has 0 spiro atoms. The number of hydrogen-bond donors (Lipinski definition) is 1. The number of benzene rings is 2. The van der Waals surface area contributed by atoms with Crippen molar-refractivity contribution >= 4 is 11.8 Å². The van der Waals surface area contributed by atoms with E-state index in [1.165, 1.54) is 32.1 Å². The zero-order valence-corrected chi connectivity index (χ0v) is 22.6. The van der Waals surface area contributed by atoms with Crippen LogP contribution in [0.15, 0.2) is 65.8 Å². The minimum Gasteiger partial charge on any atom is -0.347 e. The fourth-order valence-corrected chi connectivity index (χ4v) is 4.75. The van der Waals surface area contributed by atoms with Crippen LogP contribution >= 0.6 is 0 Å². The Balaban J connectivity index is 1.93. The van der Waals surface area contributed by atoms with E-state index in [-0.39, 0.29) is 11.8 Å². The van der Waals surface area contributed by atoms with Gasteiger partial charge in [0, 0.05) is 37.5 Å². The Bertz CT molecular complexity index is 974. The number of carbonyl (C=O) groups is 2. The minimum absolute atomic E-state index is 0.0684. The summed E-state index contributed by atoms with van der Waals surface area (Å²) in [5, 5.41) is 6.74. The lowest BCUT2D eigenvalue weighted by molar-refractivity contribution is -0.135. The topological polar surface area (TPSA) is 98.2 Å². The van der Waals surface area contributed by atoms with E-state index in [2.05, 4.69) is 15.3 Å². The molecule has 0 heterocycles. The Hall–Kier alpha value is -3.31. The number of unbranched alkanes of at least 4 members (excludes halogenated alkanes) is 9. The number of nitrogens with one attached hydrogen (secondary N) is 1. The van der Waals surface area contributed by atoms with E-state index in [0.29, 0.717) is 24.9 Å². The van der Waals surface area contributed by atoms with Gasteiger partial charge in [-0.1, -0.05) is 111 Å². The number of carbonyl (C=O) groups excluding carboxylic acids is 2. The van der Waals surface area contributed by atoms with Gasteiger partial charge in [0.2, 0.25) is 5.91 Å². The summed E-state index contributed by atoms with van der Waals surface area (Å²) in [4.78, 5) is 31.2. The van der Waals surface area contributed by atoms with Crippen molar-refractivity contribution in [2.75, 3.05) is 20.6 Å². The summed E-state index contributed by atoms with van der Waals surface area (Å²) >= 11 is 0. The smallest absolute Gasteiger partial charge is 0.252 e. The van der Waals surface area contributed by atoms with E-state index < -0.39 is 5.54 Å². The van der Waals surface area contributed by atoms with Gasteiger partial charge in [0.1, 0.15) is 5.54 Å². The third-order valence-electron chi connectivity index (χ3n) is 6.73. The molecular weight excluding hydrogens is 462 g/mol. The highest BCUT2D eigenvalue weighted by atomic mass is 16.2. The molecule has 2 aromatic carbocycles. The van der Waals surface area contributed by atoms with Crippen molar-refractivity contribution in [2.24, 2.45) is 5.11 Å². The predicted octanol–water partition coefficient (Wildman–Crippen LogP) is 7.09. The Morgan fingerprint density at radius 3 is 1.86 bits per heavy atom. The van der Waals surface area contributed by atoms with Crippen LogP contribution in [0.5, 0.6) is 0 Å². The first-order valence-electron chi connectivity index (χ1n) is 13.6. The number of hydrogen-bond acceptors (Lipinski definition) is 3. The van der Waals surface area contributed by atoms with Crippen LogP contribution in [-0.2, 0) is 11.2 Å². The number of amides is 2. The van der Waals surface area contributed by atoms with Crippen molar-refractivity contribution in [3.8, 4) is 0 Å². The summed E-state index contributed by atoms with van der Waals surface area (Å²) in [7, 11) is 3.51. The van der Waals surface area contributed by atoms with E-state index in [4.69, 9.17) is 5.53 Å². The number of azide groups is 1. The molecule has 0 aliphatic heterocycles. The van der Waals surface area contributed by atoms with Crippen LogP contribution in [0.2, 0.25) is 0 Å². The maximum atomic E-state index is 13.6. The molecule has 0 radical (unpaired) electrons. The summed E-state index contributed by atoms with van der Waals surface area (Å²) in [6.45, 7) is 0.602. The van der Waals surface area contributed by atoms with Gasteiger partial charge in [-0.05, 0) is 36.1 Å². The van der Waals surface area contributed by atoms with Gasteiger partial charge in [-0.25, -0.2) is 0 Å². The molecule has 0 aliphatic carbocycles. The molecule has 7 heteroatoms. The fourth-order valence-electron chi connectivity index (χ4n) is 4.75. The molecule has 37 heavy (non-hydrogen) atoms. The molecule has 2 aromatic rings. The van der Waals surface area contributed by atoms with Gasteiger partial charge in [-0.2, -0.15) is 0 Å². The molecular formula is C30H43N5O2. The Morgan fingerprint density at radius 1 is 0.811 bits per heavy atom. The largest absolute Gasteiger partial charge is 0.347 e. The standard InChI is InChI=1S/C30H43N5O2/c1-35(2)29(37)30(25-26-19-13-11-14-20-26,33-28(36)27-21-15-12-16-22-27)23-17-9-7-5-3-4-6-8-10-18-24-32-34-31/h11-16,19-22H,3-10,17-18,23-25H2,1-2H3,(H,33,36). The Labute approximate surface area is 222 Å². The highest BCUT2D eigenvalue weighted by Crippen LogP contribution is 2.25. The van der Waals surface area contributed by atoms with Crippen LogP contribution in [0, 0.1) is 0 Å². The first-order chi connectivity index (χ1) is 18.0. The van der Waals surface area contributed by atoms with Crippen LogP contribution in [0.25, 0.3) is 10.4 Å². The quantitative estimate of drug-likeness (QED) is 0.101. The van der Waals surface area contributed by atoms with E-state index in [9.17, 15) is 9.59 Å². The molecule has 7 nitrogen and oxygen atoms in total. The molecule has 1 unspecified atom stereocenters. The molecule has 0 saturated carbocycles. The molecule has 0 fully saturated rings. The Kier molecular flexibility index (Phi) is 13.9. The van der Waals surface area contributed by atoms with Gasteiger partial charge in [0.05, 0.1) is 0 Å². The second-order valence-corrected chi connectivity index (χ2v) is 10.0. The summed E-state index contributed by atoms with van der Waals surface area (Å²) in [5.41, 5.74) is 8.90. The zero-order valence-electron chi connectivity index (χ0n) is 22.6. The molecule has 0 saturated heterocycles. The van der Waals surface area contributed by atoms with E-state index in [1.807, 2.05) is 48.5 Å². The van der Waals surface area contributed by atoms with Crippen LogP contribution in [0.3, 0.4) is 0 Å². The van der Waals surface area contributed by atoms with Gasteiger partial charge in [-0.3, -0.25) is 9.59 Å². The van der Waals surface area contributed by atoms with Gasteiger partial charge in [0.15, 0.2) is 0 Å². The van der Waals surface area contributed by atoms with Crippen molar-refractivity contribution in [1.29, 1.82) is 0 Å². The van der Waals surface area contributed by atoms with Gasteiger partial charge >= 0.3 is 0 Å². The second kappa shape index (κ2) is 17.2. The molecule has 1 atom stereocenters. The maximum Gasteiger partial charge on any atom is 0.252 e. The number of nitrogens with zero attached hydrogens (tertiary/aromatic N) is 4. The van der Waals surface area contributed by atoms with Gasteiger partial charge in [-0.15, -0.1) is 0 Å². The van der Waals surface area contributed by atoms with Gasteiger partial charge < -0.3 is 10.2 Å². The summed E-state index contributed by atoms with van der Waals surface area (Å²) < 4.78 is 0. The average molecular weight is 506 g/mol. The Morgan fingerprint density at radius 2 is 1.32 bits per heavy atom. The minimum atomic E-state index is -0.993. The van der Waals surface area contributed by atoms with Crippen molar-refractivity contribution in [2.45, 2.75) is 82.6 Å². The molecule has 1 N–H and O–H groups in total. The van der Waals surface area contributed by atoms with Crippen LogP contribution in [0.1, 0.15) is 86.6 Å². The van der Waals surface area contributed by atoms with Crippen LogP contribution in [-0.4, -0.2) is 42.9 Å². The summed E-state index contributed by atoms with van der Waals surface area (Å²) in [6.07, 6.45) is 12.2. The highest BCUT2D eigenvalue weighted by Gasteiger charge is 2.40.